The number of fused-ring (bicyclic) bond motifs is 1. The van der Waals surface area contributed by atoms with E-state index in [4.69, 9.17) is 0 Å². The molecule has 198 valence electrons. The smallest absolute Gasteiger partial charge is 0.254 e. The van der Waals surface area contributed by atoms with Gasteiger partial charge in [0.05, 0.1) is 29.2 Å². The van der Waals surface area contributed by atoms with E-state index in [1.54, 1.807) is 31.4 Å². The zero-order valence-electron chi connectivity index (χ0n) is 21.7. The molecule has 0 spiro atoms. The van der Waals surface area contributed by atoms with Crippen molar-refractivity contribution in [1.82, 2.24) is 40.8 Å². The van der Waals surface area contributed by atoms with Crippen molar-refractivity contribution < 1.29 is 9.59 Å². The molecule has 2 aromatic heterocycles. The zero-order valence-corrected chi connectivity index (χ0v) is 21.7. The summed E-state index contributed by atoms with van der Waals surface area (Å²) in [6.07, 6.45) is 6.87. The summed E-state index contributed by atoms with van der Waals surface area (Å²) in [4.78, 5) is 33.2. The number of benzene rings is 3. The highest BCUT2D eigenvalue weighted by molar-refractivity contribution is 5.98. The van der Waals surface area contributed by atoms with Crippen molar-refractivity contribution in [2.45, 2.75) is 38.1 Å². The van der Waals surface area contributed by atoms with Crippen LogP contribution >= 0.6 is 0 Å². The van der Waals surface area contributed by atoms with Crippen LogP contribution in [0.25, 0.3) is 27.7 Å². The van der Waals surface area contributed by atoms with Gasteiger partial charge in [-0.3, -0.25) is 9.59 Å². The highest BCUT2D eigenvalue weighted by Crippen LogP contribution is 2.26. The van der Waals surface area contributed by atoms with E-state index >= 15 is 0 Å². The molecule has 0 radical (unpaired) electrons. The van der Waals surface area contributed by atoms with E-state index in [0.717, 1.165) is 35.9 Å². The second-order valence-electron chi connectivity index (χ2n) is 9.31. The Labute approximate surface area is 225 Å². The number of unbranched alkanes of at least 4 members (excludes halogenated alkanes) is 2. The van der Waals surface area contributed by atoms with Crippen molar-refractivity contribution in [3.8, 4) is 16.9 Å². The number of aromatic amines is 1. The molecule has 10 heteroatoms. The molecule has 39 heavy (non-hydrogen) atoms. The molecule has 0 saturated heterocycles. The van der Waals surface area contributed by atoms with E-state index in [-0.39, 0.29) is 17.9 Å². The maximum atomic E-state index is 13.5. The number of aromatic nitrogens is 6. The normalized spacial score (nSPS) is 11.8. The first kappa shape index (κ1) is 25.8. The van der Waals surface area contributed by atoms with Crippen molar-refractivity contribution in [3.63, 3.8) is 0 Å². The zero-order chi connectivity index (χ0) is 27.0. The lowest BCUT2D eigenvalue weighted by Crippen LogP contribution is -2.30. The molecule has 10 nitrogen and oxygen atoms in total. The van der Waals surface area contributed by atoms with Crippen LogP contribution in [0, 0.1) is 0 Å². The second kappa shape index (κ2) is 12.1. The molecule has 1 atom stereocenters. The monoisotopic (exact) mass is 522 g/mol. The van der Waals surface area contributed by atoms with Gasteiger partial charge in [0.2, 0.25) is 5.91 Å². The van der Waals surface area contributed by atoms with Gasteiger partial charge in [-0.05, 0) is 52.2 Å². The largest absolute Gasteiger partial charge is 0.359 e. The van der Waals surface area contributed by atoms with Gasteiger partial charge in [-0.15, -0.1) is 5.10 Å². The van der Waals surface area contributed by atoms with Crippen LogP contribution in [-0.2, 0) is 4.79 Å². The van der Waals surface area contributed by atoms with Gasteiger partial charge in [-0.1, -0.05) is 61.4 Å². The van der Waals surface area contributed by atoms with Crippen molar-refractivity contribution >= 4 is 22.6 Å². The summed E-state index contributed by atoms with van der Waals surface area (Å²) in [6.45, 7) is 0. The first-order chi connectivity index (χ1) is 19.1. The van der Waals surface area contributed by atoms with E-state index in [1.165, 1.54) is 16.4 Å². The molecule has 0 bridgehead atoms. The fraction of sp³-hybridized carbons (Fsp3) is 0.241. The first-order valence-electron chi connectivity index (χ1n) is 13.0. The number of amides is 2. The van der Waals surface area contributed by atoms with Crippen LogP contribution < -0.4 is 10.6 Å². The number of hydrogen-bond donors (Lipinski definition) is 3. The summed E-state index contributed by atoms with van der Waals surface area (Å²) in [5.41, 5.74) is 2.94. The van der Waals surface area contributed by atoms with Gasteiger partial charge in [-0.2, -0.15) is 4.68 Å². The minimum Gasteiger partial charge on any atom is -0.359 e. The number of nitrogens with one attached hydrogen (secondary N) is 3. The van der Waals surface area contributed by atoms with Gasteiger partial charge in [0.15, 0.2) is 0 Å². The molecule has 2 amide bonds. The topological polar surface area (TPSA) is 130 Å². The van der Waals surface area contributed by atoms with Gasteiger partial charge in [0.1, 0.15) is 12.2 Å². The second-order valence-corrected chi connectivity index (χ2v) is 9.31. The lowest BCUT2D eigenvalue weighted by atomic mass is 10.0. The molecular weight excluding hydrogens is 492 g/mol. The van der Waals surface area contributed by atoms with Crippen LogP contribution in [0.3, 0.4) is 0 Å². The molecule has 0 aliphatic rings. The Bertz CT molecular complexity index is 1560. The summed E-state index contributed by atoms with van der Waals surface area (Å²) >= 11 is 0. The maximum absolute atomic E-state index is 13.5. The minimum absolute atomic E-state index is 0.0325. The van der Waals surface area contributed by atoms with Crippen molar-refractivity contribution in [3.05, 3.63) is 90.6 Å². The Kier molecular flexibility index (Phi) is 8.01. The number of tetrazole rings is 1. The molecule has 5 aromatic rings. The molecule has 3 aromatic carbocycles. The van der Waals surface area contributed by atoms with Crippen LogP contribution in [0.5, 0.6) is 0 Å². The van der Waals surface area contributed by atoms with Crippen molar-refractivity contribution in [2.24, 2.45) is 0 Å². The fourth-order valence-corrected chi connectivity index (χ4v) is 4.60. The van der Waals surface area contributed by atoms with Gasteiger partial charge in [0, 0.05) is 19.0 Å². The Hall–Kier alpha value is -4.86. The molecular formula is C29H30N8O2. The number of hydrogen-bond acceptors (Lipinski definition) is 6. The molecule has 3 N–H and O–H groups in total. The standard InChI is InChI=1S/C29H30N8O2/c1-30-27(38)14-4-2-3-12-24(34-29(39)23-11-7-8-13-26(23)37-19-32-35-36-37)28-31-18-25(33-28)22-16-15-20-9-5-6-10-21(20)17-22/h5-11,13,15-19,24H,2-4,12,14H2,1H3,(H,30,38)(H,31,33)(H,34,39)/t24-/m0/s1. The maximum Gasteiger partial charge on any atom is 0.254 e. The Morgan fingerprint density at radius 2 is 1.79 bits per heavy atom. The van der Waals surface area contributed by atoms with E-state index in [9.17, 15) is 9.59 Å². The number of nitrogens with zero attached hydrogens (tertiary/aromatic N) is 5. The number of imidazole rings is 1. The average molecular weight is 523 g/mol. The molecule has 0 aliphatic heterocycles. The third-order valence-corrected chi connectivity index (χ3v) is 6.71. The number of rotatable bonds is 11. The highest BCUT2D eigenvalue weighted by Gasteiger charge is 2.21. The van der Waals surface area contributed by atoms with Gasteiger partial charge in [-0.25, -0.2) is 4.98 Å². The fourth-order valence-electron chi connectivity index (χ4n) is 4.60. The molecule has 0 unspecified atom stereocenters. The molecule has 0 saturated carbocycles. The third-order valence-electron chi connectivity index (χ3n) is 6.71. The van der Waals surface area contributed by atoms with E-state index in [0.29, 0.717) is 29.9 Å². The highest BCUT2D eigenvalue weighted by atomic mass is 16.2. The summed E-state index contributed by atoms with van der Waals surface area (Å²) in [5, 5.41) is 19.5. The first-order valence-corrected chi connectivity index (χ1v) is 13.0. The van der Waals surface area contributed by atoms with Gasteiger partial charge < -0.3 is 15.6 Å². The van der Waals surface area contributed by atoms with Crippen molar-refractivity contribution in [2.75, 3.05) is 7.05 Å². The predicted molar refractivity (Wildman–Crippen MR) is 148 cm³/mol. The molecule has 2 heterocycles. The number of carbonyl (C=O) groups is 2. The minimum atomic E-state index is -0.353. The van der Waals surface area contributed by atoms with Crippen LogP contribution in [0.1, 0.15) is 54.3 Å². The van der Waals surface area contributed by atoms with Gasteiger partial charge >= 0.3 is 0 Å². The Morgan fingerprint density at radius 3 is 2.62 bits per heavy atom. The van der Waals surface area contributed by atoms with Crippen molar-refractivity contribution in [1.29, 1.82) is 0 Å². The Morgan fingerprint density at radius 1 is 0.974 bits per heavy atom. The number of H-pyrrole nitrogens is 1. The quantitative estimate of drug-likeness (QED) is 0.221. The molecule has 0 fully saturated rings. The SMILES string of the molecule is CNC(=O)CCCCC[C@H](NC(=O)c1ccccc1-n1cnnn1)c1ncc(-c2ccc3ccccc3c2)[nH]1. The average Bonchev–Trinajstić information content (AvgIpc) is 3.69. The summed E-state index contributed by atoms with van der Waals surface area (Å²) in [7, 11) is 1.64. The summed E-state index contributed by atoms with van der Waals surface area (Å²) in [5.74, 6) is 0.461. The molecule has 0 aliphatic carbocycles. The number of carbonyl (C=O) groups excluding carboxylic acids is 2. The van der Waals surface area contributed by atoms with Crippen LogP contribution in [0.15, 0.2) is 79.3 Å². The predicted octanol–water partition coefficient (Wildman–Crippen LogP) is 4.37. The van der Waals surface area contributed by atoms with E-state index < -0.39 is 0 Å². The van der Waals surface area contributed by atoms with E-state index in [2.05, 4.69) is 66.5 Å². The third kappa shape index (κ3) is 6.18. The van der Waals surface area contributed by atoms with Crippen LogP contribution in [-0.4, -0.2) is 49.0 Å². The van der Waals surface area contributed by atoms with E-state index in [1.807, 2.05) is 18.2 Å². The van der Waals surface area contributed by atoms with Gasteiger partial charge in [0.25, 0.3) is 5.91 Å². The van der Waals surface area contributed by atoms with Crippen LogP contribution in [0.2, 0.25) is 0 Å². The molecule has 5 rings (SSSR count). The summed E-state index contributed by atoms with van der Waals surface area (Å²) in [6, 6.07) is 21.3. The summed E-state index contributed by atoms with van der Waals surface area (Å²) < 4.78 is 1.47. The lowest BCUT2D eigenvalue weighted by molar-refractivity contribution is -0.120. The number of para-hydroxylation sites is 1. The Balaban J connectivity index is 1.37. The van der Waals surface area contributed by atoms with Crippen LogP contribution in [0.4, 0.5) is 0 Å². The lowest BCUT2D eigenvalue weighted by Gasteiger charge is -2.18.